The molecule has 1 aliphatic rings. The zero-order chi connectivity index (χ0) is 15.0. The molecular formula is C15H15BrN2O3. The van der Waals surface area contributed by atoms with Gasteiger partial charge < -0.3 is 5.11 Å². The molecule has 6 heteroatoms. The highest BCUT2D eigenvalue weighted by Crippen LogP contribution is 2.33. The number of nitrogens with zero attached hydrogens (tertiary/aromatic N) is 1. The summed E-state index contributed by atoms with van der Waals surface area (Å²) in [6.07, 6.45) is 3.26. The summed E-state index contributed by atoms with van der Waals surface area (Å²) in [6.45, 7) is 0.443. The number of H-pyrrole nitrogens is 1. The molecule has 0 saturated heterocycles. The third-order valence-electron chi connectivity index (χ3n) is 3.98. The van der Waals surface area contributed by atoms with E-state index < -0.39 is 11.2 Å². The average molecular weight is 351 g/mol. The highest BCUT2D eigenvalue weighted by molar-refractivity contribution is 9.10. The van der Waals surface area contributed by atoms with Crippen LogP contribution in [0.25, 0.3) is 11.1 Å². The van der Waals surface area contributed by atoms with Crippen molar-refractivity contribution in [1.82, 2.24) is 9.55 Å². The van der Waals surface area contributed by atoms with E-state index in [0.29, 0.717) is 22.5 Å². The summed E-state index contributed by atoms with van der Waals surface area (Å²) in [6, 6.07) is 7.12. The second-order valence-electron chi connectivity index (χ2n) is 5.35. The van der Waals surface area contributed by atoms with Crippen LogP contribution in [0.15, 0.2) is 38.3 Å². The summed E-state index contributed by atoms with van der Waals surface area (Å²) in [7, 11) is 0. The minimum Gasteiger partial charge on any atom is -0.494 e. The van der Waals surface area contributed by atoms with Crippen molar-refractivity contribution in [2.45, 2.75) is 25.8 Å². The Bertz CT molecular complexity index is 790. The van der Waals surface area contributed by atoms with Crippen LogP contribution in [0.4, 0.5) is 0 Å². The third kappa shape index (κ3) is 2.55. The van der Waals surface area contributed by atoms with Crippen LogP contribution in [0.3, 0.4) is 0 Å². The molecule has 0 unspecified atom stereocenters. The summed E-state index contributed by atoms with van der Waals surface area (Å²) in [5.41, 5.74) is -0.436. The molecule has 1 heterocycles. The fourth-order valence-corrected chi connectivity index (χ4v) is 3.05. The Morgan fingerprint density at radius 1 is 1.29 bits per heavy atom. The van der Waals surface area contributed by atoms with Crippen LogP contribution < -0.4 is 11.2 Å². The Morgan fingerprint density at radius 3 is 2.62 bits per heavy atom. The smallest absolute Gasteiger partial charge is 0.331 e. The SMILES string of the molecule is O=c1[nH]c(=O)n(CC2CCC2)c(O)c1-c1ccccc1Br. The van der Waals surface area contributed by atoms with E-state index in [0.717, 1.165) is 19.3 Å². The molecular weight excluding hydrogens is 336 g/mol. The quantitative estimate of drug-likeness (QED) is 0.892. The van der Waals surface area contributed by atoms with Crippen molar-refractivity contribution < 1.29 is 5.11 Å². The topological polar surface area (TPSA) is 75.1 Å². The number of aromatic nitrogens is 2. The van der Waals surface area contributed by atoms with Crippen molar-refractivity contribution >= 4 is 15.9 Å². The number of aromatic hydroxyl groups is 1. The summed E-state index contributed by atoms with van der Waals surface area (Å²) < 4.78 is 1.96. The Morgan fingerprint density at radius 2 is 2.00 bits per heavy atom. The molecule has 0 bridgehead atoms. The van der Waals surface area contributed by atoms with Gasteiger partial charge in [-0.2, -0.15) is 0 Å². The minimum absolute atomic E-state index is 0.126. The zero-order valence-electron chi connectivity index (χ0n) is 11.3. The molecule has 1 aromatic heterocycles. The molecule has 0 spiro atoms. The molecule has 2 aromatic rings. The molecule has 0 radical (unpaired) electrons. The average Bonchev–Trinajstić information content (AvgIpc) is 2.38. The molecule has 5 nitrogen and oxygen atoms in total. The van der Waals surface area contributed by atoms with Crippen molar-refractivity contribution in [3.05, 3.63) is 49.6 Å². The summed E-state index contributed by atoms with van der Waals surface area (Å²) in [5, 5.41) is 10.4. The first kappa shape index (κ1) is 14.1. The number of hydrogen-bond donors (Lipinski definition) is 2. The van der Waals surface area contributed by atoms with Gasteiger partial charge in [0.05, 0.1) is 0 Å². The summed E-state index contributed by atoms with van der Waals surface area (Å²) in [5.74, 6) is 0.133. The first-order valence-electron chi connectivity index (χ1n) is 6.89. The first-order chi connectivity index (χ1) is 10.1. The molecule has 1 fully saturated rings. The third-order valence-corrected chi connectivity index (χ3v) is 4.67. The Kier molecular flexibility index (Phi) is 3.71. The largest absolute Gasteiger partial charge is 0.494 e. The molecule has 1 saturated carbocycles. The first-order valence-corrected chi connectivity index (χ1v) is 7.68. The van der Waals surface area contributed by atoms with Crippen molar-refractivity contribution in [1.29, 1.82) is 0 Å². The predicted molar refractivity (Wildman–Crippen MR) is 83.5 cm³/mol. The van der Waals surface area contributed by atoms with Crippen molar-refractivity contribution in [2.24, 2.45) is 5.92 Å². The normalized spacial score (nSPS) is 14.9. The number of benzene rings is 1. The molecule has 1 aromatic carbocycles. The molecule has 0 atom stereocenters. The summed E-state index contributed by atoms with van der Waals surface area (Å²) in [4.78, 5) is 26.3. The maximum absolute atomic E-state index is 12.1. The van der Waals surface area contributed by atoms with Crippen LogP contribution in [0, 0.1) is 5.92 Å². The monoisotopic (exact) mass is 350 g/mol. The van der Waals surface area contributed by atoms with Gasteiger partial charge in [-0.1, -0.05) is 40.5 Å². The maximum atomic E-state index is 12.1. The molecule has 1 aliphatic carbocycles. The molecule has 0 aliphatic heterocycles. The Labute approximate surface area is 129 Å². The van der Waals surface area contributed by atoms with Crippen LogP contribution in [0.2, 0.25) is 0 Å². The molecule has 3 rings (SSSR count). The van der Waals surface area contributed by atoms with E-state index in [9.17, 15) is 14.7 Å². The van der Waals surface area contributed by atoms with Crippen LogP contribution >= 0.6 is 15.9 Å². The highest BCUT2D eigenvalue weighted by Gasteiger charge is 2.23. The van der Waals surface area contributed by atoms with Gasteiger partial charge in [0, 0.05) is 16.6 Å². The fraction of sp³-hybridized carbons (Fsp3) is 0.333. The van der Waals surface area contributed by atoms with Gasteiger partial charge in [-0.25, -0.2) is 4.79 Å². The second kappa shape index (κ2) is 5.52. The second-order valence-corrected chi connectivity index (χ2v) is 6.20. The minimum atomic E-state index is -0.575. The van der Waals surface area contributed by atoms with Crippen LogP contribution in [-0.4, -0.2) is 14.7 Å². The van der Waals surface area contributed by atoms with Crippen molar-refractivity contribution in [3.63, 3.8) is 0 Å². The van der Waals surface area contributed by atoms with E-state index in [2.05, 4.69) is 20.9 Å². The van der Waals surface area contributed by atoms with Gasteiger partial charge >= 0.3 is 5.69 Å². The van der Waals surface area contributed by atoms with E-state index in [4.69, 9.17) is 0 Å². The lowest BCUT2D eigenvalue weighted by molar-refractivity contribution is 0.257. The lowest BCUT2D eigenvalue weighted by atomic mass is 9.85. The summed E-state index contributed by atoms with van der Waals surface area (Å²) >= 11 is 3.37. The number of rotatable bonds is 3. The molecule has 2 N–H and O–H groups in total. The highest BCUT2D eigenvalue weighted by atomic mass is 79.9. The maximum Gasteiger partial charge on any atom is 0.331 e. The standard InChI is InChI=1S/C15H15BrN2O3/c16-11-7-2-1-6-10(11)12-13(19)17-15(21)18(14(12)20)8-9-4-3-5-9/h1-2,6-7,9,20H,3-5,8H2,(H,17,19,21). The number of hydrogen-bond acceptors (Lipinski definition) is 3. The van der Waals surface area contributed by atoms with Gasteiger partial charge in [0.1, 0.15) is 5.56 Å². The number of aromatic amines is 1. The van der Waals surface area contributed by atoms with Crippen molar-refractivity contribution in [2.75, 3.05) is 0 Å². The van der Waals surface area contributed by atoms with E-state index in [-0.39, 0.29) is 11.4 Å². The van der Waals surface area contributed by atoms with Gasteiger partial charge in [0.25, 0.3) is 5.56 Å². The molecule has 110 valence electrons. The predicted octanol–water partition coefficient (Wildman–Crippen LogP) is 2.47. The van der Waals surface area contributed by atoms with Crippen molar-refractivity contribution in [3.8, 4) is 17.0 Å². The Balaban J connectivity index is 2.16. The van der Waals surface area contributed by atoms with E-state index in [1.165, 1.54) is 4.57 Å². The van der Waals surface area contributed by atoms with Gasteiger partial charge in [-0.3, -0.25) is 14.3 Å². The van der Waals surface area contributed by atoms with E-state index in [1.807, 2.05) is 6.07 Å². The van der Waals surface area contributed by atoms with Crippen LogP contribution in [-0.2, 0) is 6.54 Å². The van der Waals surface area contributed by atoms with E-state index in [1.54, 1.807) is 18.2 Å². The van der Waals surface area contributed by atoms with Crippen LogP contribution in [0.1, 0.15) is 19.3 Å². The van der Waals surface area contributed by atoms with Gasteiger partial charge in [0.15, 0.2) is 0 Å². The van der Waals surface area contributed by atoms with Gasteiger partial charge in [-0.15, -0.1) is 0 Å². The number of halogens is 1. The Hall–Kier alpha value is -1.82. The molecule has 21 heavy (non-hydrogen) atoms. The van der Waals surface area contributed by atoms with Gasteiger partial charge in [0.2, 0.25) is 5.88 Å². The fourth-order valence-electron chi connectivity index (χ4n) is 2.57. The van der Waals surface area contributed by atoms with E-state index >= 15 is 0 Å². The lowest BCUT2D eigenvalue weighted by Gasteiger charge is -2.26. The van der Waals surface area contributed by atoms with Crippen LogP contribution in [0.5, 0.6) is 5.88 Å². The van der Waals surface area contributed by atoms with Gasteiger partial charge in [-0.05, 0) is 24.8 Å². The zero-order valence-corrected chi connectivity index (χ0v) is 12.9. The number of nitrogens with one attached hydrogen (secondary N) is 1. The lowest BCUT2D eigenvalue weighted by Crippen LogP contribution is -2.34. The molecule has 0 amide bonds.